The van der Waals surface area contributed by atoms with Gasteiger partial charge in [-0.3, -0.25) is 4.79 Å². The van der Waals surface area contributed by atoms with Crippen molar-refractivity contribution in [2.24, 2.45) is 0 Å². The minimum absolute atomic E-state index is 0.0676. The number of carboxylic acids is 1. The van der Waals surface area contributed by atoms with Gasteiger partial charge < -0.3 is 24.1 Å². The first-order valence-corrected chi connectivity index (χ1v) is 10.3. The van der Waals surface area contributed by atoms with Crippen molar-refractivity contribution in [3.8, 4) is 11.5 Å². The van der Waals surface area contributed by atoms with E-state index in [1.807, 2.05) is 13.0 Å². The second-order valence-corrected chi connectivity index (χ2v) is 7.46. The highest BCUT2D eigenvalue weighted by Gasteiger charge is 2.37. The molecule has 2 heterocycles. The maximum absolute atomic E-state index is 13.2. The summed E-state index contributed by atoms with van der Waals surface area (Å²) < 4.78 is 56.1. The van der Waals surface area contributed by atoms with Crippen molar-refractivity contribution in [2.75, 3.05) is 13.2 Å². The van der Waals surface area contributed by atoms with Crippen LogP contribution in [0.25, 0.3) is 21.9 Å². The van der Waals surface area contributed by atoms with Gasteiger partial charge in [0.2, 0.25) is 0 Å². The van der Waals surface area contributed by atoms with Crippen LogP contribution in [-0.4, -0.2) is 34.4 Å². The van der Waals surface area contributed by atoms with Gasteiger partial charge in [0, 0.05) is 22.7 Å². The number of aromatic nitrogens is 2. The van der Waals surface area contributed by atoms with Crippen molar-refractivity contribution in [1.29, 1.82) is 0 Å². The third-order valence-corrected chi connectivity index (χ3v) is 5.16. The van der Waals surface area contributed by atoms with Crippen LogP contribution in [-0.2, 0) is 23.8 Å². The van der Waals surface area contributed by atoms with E-state index < -0.39 is 17.8 Å². The number of hydrogen-bond donors (Lipinski definition) is 2. The Morgan fingerprint density at radius 3 is 2.61 bits per heavy atom. The molecule has 33 heavy (non-hydrogen) atoms. The van der Waals surface area contributed by atoms with E-state index in [2.05, 4.69) is 10.1 Å². The van der Waals surface area contributed by atoms with Gasteiger partial charge in [0.05, 0.1) is 11.8 Å². The van der Waals surface area contributed by atoms with Crippen LogP contribution in [0.2, 0.25) is 0 Å². The molecule has 0 amide bonds. The van der Waals surface area contributed by atoms with Crippen LogP contribution in [0.15, 0.2) is 41.1 Å². The number of aromatic amines is 1. The standard InChI is InChI=1S/C23H21F3N2O5/c1-2-4-14-17(8-7-15-21(14)33-28-22(15)23(24,25)26)31-9-10-32-18-6-3-5-16-20(18)13(12-27-16)11-19(29)30/h3,5-8,12,27H,2,4,9-11H2,1H3,(H,29,30). The number of carbonyl (C=O) groups is 1. The summed E-state index contributed by atoms with van der Waals surface area (Å²) >= 11 is 0. The summed E-state index contributed by atoms with van der Waals surface area (Å²) in [4.78, 5) is 14.2. The summed E-state index contributed by atoms with van der Waals surface area (Å²) in [5.74, 6) is -0.0268. The van der Waals surface area contributed by atoms with Crippen molar-refractivity contribution >= 4 is 27.8 Å². The predicted molar refractivity (Wildman–Crippen MR) is 114 cm³/mol. The zero-order chi connectivity index (χ0) is 23.6. The fourth-order valence-corrected chi connectivity index (χ4v) is 3.81. The number of hydrogen-bond acceptors (Lipinski definition) is 5. The van der Waals surface area contributed by atoms with E-state index in [9.17, 15) is 18.0 Å². The third kappa shape index (κ3) is 4.59. The van der Waals surface area contributed by atoms with Gasteiger partial charge >= 0.3 is 12.1 Å². The number of fused-ring (bicyclic) bond motifs is 2. The molecule has 2 N–H and O–H groups in total. The maximum atomic E-state index is 13.2. The highest BCUT2D eigenvalue weighted by Crippen LogP contribution is 2.38. The molecular formula is C23H21F3N2O5. The number of ether oxygens (including phenoxy) is 2. The average Bonchev–Trinajstić information content (AvgIpc) is 3.37. The first-order chi connectivity index (χ1) is 15.8. The largest absolute Gasteiger partial charge is 0.490 e. The molecule has 0 atom stereocenters. The van der Waals surface area contributed by atoms with Crippen LogP contribution < -0.4 is 9.47 Å². The number of H-pyrrole nitrogens is 1. The molecule has 0 spiro atoms. The van der Waals surface area contributed by atoms with Gasteiger partial charge in [0.15, 0.2) is 11.3 Å². The summed E-state index contributed by atoms with van der Waals surface area (Å²) in [6.45, 7) is 2.17. The van der Waals surface area contributed by atoms with Crippen molar-refractivity contribution in [3.63, 3.8) is 0 Å². The Morgan fingerprint density at radius 1 is 1.15 bits per heavy atom. The van der Waals surface area contributed by atoms with Crippen molar-refractivity contribution in [1.82, 2.24) is 10.1 Å². The minimum atomic E-state index is -4.61. The second-order valence-electron chi connectivity index (χ2n) is 7.46. The van der Waals surface area contributed by atoms with Crippen LogP contribution >= 0.6 is 0 Å². The molecule has 0 aliphatic rings. The topological polar surface area (TPSA) is 97.6 Å². The molecule has 0 saturated heterocycles. The number of nitrogens with one attached hydrogen (secondary N) is 1. The number of halogens is 3. The van der Waals surface area contributed by atoms with Crippen molar-refractivity contribution in [2.45, 2.75) is 32.4 Å². The van der Waals surface area contributed by atoms with E-state index >= 15 is 0 Å². The van der Waals surface area contributed by atoms with E-state index in [1.165, 1.54) is 12.1 Å². The first-order valence-electron chi connectivity index (χ1n) is 10.3. The van der Waals surface area contributed by atoms with Crippen LogP contribution in [0.3, 0.4) is 0 Å². The molecule has 4 aromatic rings. The van der Waals surface area contributed by atoms with Gasteiger partial charge in [-0.15, -0.1) is 0 Å². The fraction of sp³-hybridized carbons (Fsp3) is 0.304. The van der Waals surface area contributed by atoms with Crippen LogP contribution in [0.4, 0.5) is 13.2 Å². The minimum Gasteiger partial charge on any atom is -0.490 e. The molecule has 0 aliphatic carbocycles. The number of alkyl halides is 3. The van der Waals surface area contributed by atoms with Crippen LogP contribution in [0, 0.1) is 0 Å². The molecule has 7 nitrogen and oxygen atoms in total. The zero-order valence-corrected chi connectivity index (χ0v) is 17.7. The monoisotopic (exact) mass is 462 g/mol. The molecule has 0 fully saturated rings. The summed E-state index contributed by atoms with van der Waals surface area (Å²) in [5, 5.41) is 12.9. The zero-order valence-electron chi connectivity index (χ0n) is 17.7. The number of aryl methyl sites for hydroxylation is 1. The van der Waals surface area contributed by atoms with E-state index in [4.69, 9.17) is 19.1 Å². The quantitative estimate of drug-likeness (QED) is 0.325. The number of aliphatic carboxylic acids is 1. The van der Waals surface area contributed by atoms with Gasteiger partial charge in [-0.05, 0) is 36.2 Å². The van der Waals surface area contributed by atoms with Crippen molar-refractivity contribution in [3.05, 3.63) is 53.3 Å². The Balaban J connectivity index is 1.50. The molecule has 0 radical (unpaired) electrons. The Hall–Kier alpha value is -3.69. The molecule has 2 aromatic heterocycles. The molecule has 0 bridgehead atoms. The van der Waals surface area contributed by atoms with Gasteiger partial charge in [-0.25, -0.2) is 0 Å². The SMILES string of the molecule is CCCc1c(OCCOc2cccc3[nH]cc(CC(=O)O)c23)ccc2c(C(F)(F)F)noc12. The summed E-state index contributed by atoms with van der Waals surface area (Å²) in [6, 6.07) is 8.13. The maximum Gasteiger partial charge on any atom is 0.437 e. The Bertz CT molecular complexity index is 1290. The Kier molecular flexibility index (Phi) is 6.17. The Morgan fingerprint density at radius 2 is 1.91 bits per heavy atom. The lowest BCUT2D eigenvalue weighted by Crippen LogP contribution is -2.11. The van der Waals surface area contributed by atoms with E-state index in [0.717, 1.165) is 5.52 Å². The number of benzene rings is 2. The van der Waals surface area contributed by atoms with Gasteiger partial charge in [-0.1, -0.05) is 24.6 Å². The third-order valence-electron chi connectivity index (χ3n) is 5.16. The molecule has 0 aliphatic heterocycles. The Labute approximate surface area is 186 Å². The lowest BCUT2D eigenvalue weighted by molar-refractivity contribution is -0.141. The summed E-state index contributed by atoms with van der Waals surface area (Å²) in [7, 11) is 0. The lowest BCUT2D eigenvalue weighted by atomic mass is 10.0. The fourth-order valence-electron chi connectivity index (χ4n) is 3.81. The van der Waals surface area contributed by atoms with E-state index in [1.54, 1.807) is 18.3 Å². The first kappa shape index (κ1) is 22.5. The van der Waals surface area contributed by atoms with Crippen molar-refractivity contribution < 1.29 is 37.1 Å². The molecule has 2 aromatic carbocycles. The van der Waals surface area contributed by atoms with E-state index in [0.29, 0.717) is 40.9 Å². The number of rotatable bonds is 9. The average molecular weight is 462 g/mol. The molecule has 174 valence electrons. The highest BCUT2D eigenvalue weighted by molar-refractivity contribution is 5.92. The van der Waals surface area contributed by atoms with Gasteiger partial charge in [0.25, 0.3) is 0 Å². The van der Waals surface area contributed by atoms with Gasteiger partial charge in [-0.2, -0.15) is 13.2 Å². The second kappa shape index (κ2) is 9.05. The van der Waals surface area contributed by atoms with Gasteiger partial charge in [0.1, 0.15) is 24.7 Å². The smallest absolute Gasteiger partial charge is 0.437 e. The van der Waals surface area contributed by atoms with E-state index in [-0.39, 0.29) is 30.6 Å². The number of nitrogens with zero attached hydrogens (tertiary/aromatic N) is 1. The number of carboxylic acid groups (broad SMARTS) is 1. The normalized spacial score (nSPS) is 11.9. The lowest BCUT2D eigenvalue weighted by Gasteiger charge is -2.13. The molecular weight excluding hydrogens is 441 g/mol. The molecule has 0 saturated carbocycles. The molecule has 0 unspecified atom stereocenters. The predicted octanol–water partition coefficient (Wildman–Crippen LogP) is 5.37. The molecule has 10 heteroatoms. The summed E-state index contributed by atoms with van der Waals surface area (Å²) in [6.07, 6.45) is -1.98. The molecule has 4 rings (SSSR count). The van der Waals surface area contributed by atoms with Crippen LogP contribution in [0.1, 0.15) is 30.2 Å². The summed E-state index contributed by atoms with van der Waals surface area (Å²) in [5.41, 5.74) is 0.899. The highest BCUT2D eigenvalue weighted by atomic mass is 19.4. The van der Waals surface area contributed by atoms with Crippen LogP contribution in [0.5, 0.6) is 11.5 Å².